The quantitative estimate of drug-likeness (QED) is 0.651. The summed E-state index contributed by atoms with van der Waals surface area (Å²) in [5.74, 6) is 0.871. The van der Waals surface area contributed by atoms with Gasteiger partial charge in [0.1, 0.15) is 12.1 Å². The minimum absolute atomic E-state index is 0.693. The van der Waals surface area contributed by atoms with Crippen molar-refractivity contribution < 1.29 is 0 Å². The fourth-order valence-electron chi connectivity index (χ4n) is 3.04. The first-order valence-electron chi connectivity index (χ1n) is 7.94. The van der Waals surface area contributed by atoms with Gasteiger partial charge in [-0.05, 0) is 12.8 Å². The summed E-state index contributed by atoms with van der Waals surface area (Å²) in [7, 11) is 1.90. The van der Waals surface area contributed by atoms with Gasteiger partial charge in [0.15, 0.2) is 5.65 Å². The molecule has 0 aliphatic heterocycles. The number of aromatic nitrogens is 4. The Labute approximate surface area is 125 Å². The van der Waals surface area contributed by atoms with Crippen LogP contribution in [0.25, 0.3) is 11.0 Å². The molecule has 2 N–H and O–H groups in total. The third kappa shape index (κ3) is 3.50. The van der Waals surface area contributed by atoms with Crippen LogP contribution >= 0.6 is 0 Å². The zero-order chi connectivity index (χ0) is 14.5. The van der Waals surface area contributed by atoms with Crippen molar-refractivity contribution in [1.82, 2.24) is 25.1 Å². The monoisotopic (exact) mass is 288 g/mol. The van der Waals surface area contributed by atoms with Gasteiger partial charge in [-0.1, -0.05) is 25.7 Å². The topological polar surface area (TPSA) is 67.7 Å². The van der Waals surface area contributed by atoms with Gasteiger partial charge in [0.25, 0.3) is 0 Å². The first-order chi connectivity index (χ1) is 10.3. The lowest BCUT2D eigenvalue weighted by Gasteiger charge is -2.16. The number of rotatable bonds is 5. The molecule has 1 aliphatic rings. The van der Waals surface area contributed by atoms with Crippen molar-refractivity contribution in [3.8, 4) is 0 Å². The Morgan fingerprint density at radius 2 is 1.95 bits per heavy atom. The molecule has 114 valence electrons. The number of hydrogen-bond donors (Lipinski definition) is 2. The third-order valence-electron chi connectivity index (χ3n) is 4.24. The Balaban J connectivity index is 1.50. The van der Waals surface area contributed by atoms with Crippen LogP contribution in [-0.4, -0.2) is 38.9 Å². The second kappa shape index (κ2) is 6.85. The van der Waals surface area contributed by atoms with Gasteiger partial charge in [0, 0.05) is 26.2 Å². The lowest BCUT2D eigenvalue weighted by Crippen LogP contribution is -2.32. The van der Waals surface area contributed by atoms with Crippen molar-refractivity contribution in [2.45, 2.75) is 44.6 Å². The van der Waals surface area contributed by atoms with Crippen molar-refractivity contribution >= 4 is 16.9 Å². The molecular weight excluding hydrogens is 264 g/mol. The van der Waals surface area contributed by atoms with Crippen LogP contribution in [-0.2, 0) is 7.05 Å². The van der Waals surface area contributed by atoms with Crippen LogP contribution in [0.4, 0.5) is 5.82 Å². The Morgan fingerprint density at radius 3 is 2.76 bits per heavy atom. The Kier molecular flexibility index (Phi) is 4.65. The maximum absolute atomic E-state index is 4.32. The molecule has 0 radical (unpaired) electrons. The van der Waals surface area contributed by atoms with E-state index in [1.54, 1.807) is 11.0 Å². The molecule has 0 unspecified atom stereocenters. The molecule has 6 nitrogen and oxygen atoms in total. The summed E-state index contributed by atoms with van der Waals surface area (Å²) in [6, 6.07) is 0.693. The molecule has 21 heavy (non-hydrogen) atoms. The zero-order valence-electron chi connectivity index (χ0n) is 12.7. The smallest absolute Gasteiger partial charge is 0.163 e. The highest BCUT2D eigenvalue weighted by atomic mass is 15.3. The molecule has 0 spiro atoms. The minimum atomic E-state index is 0.693. The van der Waals surface area contributed by atoms with Crippen LogP contribution in [0.3, 0.4) is 0 Å². The van der Waals surface area contributed by atoms with Crippen molar-refractivity contribution in [1.29, 1.82) is 0 Å². The molecule has 2 aromatic rings. The highest BCUT2D eigenvalue weighted by molar-refractivity contribution is 5.85. The Bertz CT molecular complexity index is 571. The highest BCUT2D eigenvalue weighted by Gasteiger charge is 2.11. The maximum Gasteiger partial charge on any atom is 0.163 e. The van der Waals surface area contributed by atoms with Crippen LogP contribution in [0.5, 0.6) is 0 Å². The molecular formula is C15H24N6. The third-order valence-corrected chi connectivity index (χ3v) is 4.24. The molecule has 3 rings (SSSR count). The lowest BCUT2D eigenvalue weighted by molar-refractivity contribution is 0.468. The second-order valence-corrected chi connectivity index (χ2v) is 5.80. The molecule has 6 heteroatoms. The zero-order valence-corrected chi connectivity index (χ0v) is 12.7. The number of nitrogens with one attached hydrogen (secondary N) is 2. The van der Waals surface area contributed by atoms with Crippen LogP contribution in [0.2, 0.25) is 0 Å². The van der Waals surface area contributed by atoms with Gasteiger partial charge in [0.05, 0.1) is 11.6 Å². The average Bonchev–Trinajstić information content (AvgIpc) is 2.73. The number of nitrogens with zero attached hydrogens (tertiary/aromatic N) is 4. The molecule has 0 amide bonds. The van der Waals surface area contributed by atoms with Gasteiger partial charge in [-0.15, -0.1) is 0 Å². The predicted octanol–water partition coefficient (Wildman–Crippen LogP) is 2.09. The van der Waals surface area contributed by atoms with E-state index in [2.05, 4.69) is 25.7 Å². The summed E-state index contributed by atoms with van der Waals surface area (Å²) in [5, 5.41) is 12.3. The van der Waals surface area contributed by atoms with E-state index in [9.17, 15) is 0 Å². The molecule has 1 saturated carbocycles. The largest absolute Gasteiger partial charge is 0.368 e. The SMILES string of the molecule is Cn1ncc2c(NCCNC3CCCCCC3)ncnc21. The summed E-state index contributed by atoms with van der Waals surface area (Å²) in [6.45, 7) is 1.84. The lowest BCUT2D eigenvalue weighted by atomic mass is 10.1. The molecule has 0 saturated heterocycles. The summed E-state index contributed by atoms with van der Waals surface area (Å²) < 4.78 is 1.77. The Morgan fingerprint density at radius 1 is 1.14 bits per heavy atom. The first kappa shape index (κ1) is 14.3. The summed E-state index contributed by atoms with van der Waals surface area (Å²) in [4.78, 5) is 8.56. The van der Waals surface area contributed by atoms with Crippen molar-refractivity contribution in [3.63, 3.8) is 0 Å². The summed E-state index contributed by atoms with van der Waals surface area (Å²) in [5.41, 5.74) is 0.865. The van der Waals surface area contributed by atoms with Gasteiger partial charge in [-0.3, -0.25) is 4.68 Å². The van der Waals surface area contributed by atoms with E-state index < -0.39 is 0 Å². The molecule has 2 heterocycles. The number of anilines is 1. The van der Waals surface area contributed by atoms with Crippen LogP contribution in [0, 0.1) is 0 Å². The van der Waals surface area contributed by atoms with E-state index in [1.165, 1.54) is 38.5 Å². The van der Waals surface area contributed by atoms with Gasteiger partial charge in [-0.2, -0.15) is 5.10 Å². The van der Waals surface area contributed by atoms with Crippen molar-refractivity contribution in [2.75, 3.05) is 18.4 Å². The van der Waals surface area contributed by atoms with Crippen molar-refractivity contribution in [3.05, 3.63) is 12.5 Å². The summed E-state index contributed by atoms with van der Waals surface area (Å²) >= 11 is 0. The maximum atomic E-state index is 4.32. The predicted molar refractivity (Wildman–Crippen MR) is 84.3 cm³/mol. The molecule has 0 atom stereocenters. The number of aryl methyl sites for hydroxylation is 1. The minimum Gasteiger partial charge on any atom is -0.368 e. The number of hydrogen-bond acceptors (Lipinski definition) is 5. The van der Waals surface area contributed by atoms with E-state index in [1.807, 2.05) is 13.2 Å². The van der Waals surface area contributed by atoms with Gasteiger partial charge in [-0.25, -0.2) is 9.97 Å². The molecule has 2 aromatic heterocycles. The highest BCUT2D eigenvalue weighted by Crippen LogP contribution is 2.18. The normalized spacial score (nSPS) is 17.0. The van der Waals surface area contributed by atoms with Gasteiger partial charge < -0.3 is 10.6 Å². The molecule has 0 aromatic carbocycles. The summed E-state index contributed by atoms with van der Waals surface area (Å²) in [6.07, 6.45) is 11.6. The first-order valence-corrected chi connectivity index (χ1v) is 7.94. The average molecular weight is 288 g/mol. The molecule has 1 fully saturated rings. The standard InChI is InChI=1S/C15H24N6/c1-21-15-13(10-20-21)14(18-11-19-15)17-9-8-16-12-6-4-2-3-5-7-12/h10-12,16H,2-9H2,1H3,(H,17,18,19). The van der Waals surface area contributed by atoms with Gasteiger partial charge in [0.2, 0.25) is 0 Å². The van der Waals surface area contributed by atoms with E-state index in [0.29, 0.717) is 6.04 Å². The van der Waals surface area contributed by atoms with Crippen molar-refractivity contribution in [2.24, 2.45) is 7.05 Å². The fourth-order valence-corrected chi connectivity index (χ4v) is 3.04. The second-order valence-electron chi connectivity index (χ2n) is 5.80. The molecule has 0 bridgehead atoms. The van der Waals surface area contributed by atoms with E-state index >= 15 is 0 Å². The molecule has 1 aliphatic carbocycles. The van der Waals surface area contributed by atoms with E-state index in [4.69, 9.17) is 0 Å². The van der Waals surface area contributed by atoms with Gasteiger partial charge >= 0.3 is 0 Å². The van der Waals surface area contributed by atoms with Crippen LogP contribution in [0.15, 0.2) is 12.5 Å². The van der Waals surface area contributed by atoms with E-state index in [-0.39, 0.29) is 0 Å². The van der Waals surface area contributed by atoms with Crippen LogP contribution < -0.4 is 10.6 Å². The number of fused-ring (bicyclic) bond motifs is 1. The van der Waals surface area contributed by atoms with E-state index in [0.717, 1.165) is 29.9 Å². The Hall–Kier alpha value is -1.69. The fraction of sp³-hybridized carbons (Fsp3) is 0.667. The van der Waals surface area contributed by atoms with Crippen LogP contribution in [0.1, 0.15) is 38.5 Å².